The summed E-state index contributed by atoms with van der Waals surface area (Å²) in [6, 6.07) is 0. The molecule has 112 valence electrons. The van der Waals surface area contributed by atoms with Crippen LogP contribution in [0, 0.1) is 10.1 Å². The van der Waals surface area contributed by atoms with Crippen LogP contribution in [-0.2, 0) is 33.4 Å². The Bertz CT molecular complexity index is 412. The molecule has 2 saturated heterocycles. The van der Waals surface area contributed by atoms with E-state index in [9.17, 15) is 19.7 Å². The van der Waals surface area contributed by atoms with Crippen molar-refractivity contribution in [2.24, 2.45) is 0 Å². The van der Waals surface area contributed by atoms with Gasteiger partial charge in [0.2, 0.25) is 0 Å². The predicted octanol–water partition coefficient (Wildman–Crippen LogP) is -1.16. The Morgan fingerprint density at radius 1 is 1.25 bits per heavy atom. The van der Waals surface area contributed by atoms with Gasteiger partial charge in [-0.25, -0.2) is 4.79 Å². The Balaban J connectivity index is 1.83. The molecule has 0 bridgehead atoms. The second kappa shape index (κ2) is 6.01. The Morgan fingerprint density at radius 3 is 2.45 bits per heavy atom. The van der Waals surface area contributed by atoms with Crippen LogP contribution in [0.3, 0.4) is 0 Å². The standard InChI is InChI=1S/C10H13NO9/c1-5(12)16-4-8(13)19-6-2-17-10-7(20-11(14)15)3-18-9(6)10/h6-7,9-10H,2-4H2,1H3/t6-,7+,9+,10+/m0/s1. The lowest BCUT2D eigenvalue weighted by Crippen LogP contribution is -2.36. The van der Waals surface area contributed by atoms with Gasteiger partial charge in [0.1, 0.15) is 12.2 Å². The number of hydrogen-bond donors (Lipinski definition) is 0. The molecule has 0 amide bonds. The van der Waals surface area contributed by atoms with Crippen molar-refractivity contribution in [2.45, 2.75) is 31.3 Å². The summed E-state index contributed by atoms with van der Waals surface area (Å²) in [6.07, 6.45) is -2.83. The van der Waals surface area contributed by atoms with Gasteiger partial charge >= 0.3 is 11.9 Å². The number of hydrogen-bond acceptors (Lipinski definition) is 9. The highest BCUT2D eigenvalue weighted by molar-refractivity contribution is 5.75. The fraction of sp³-hybridized carbons (Fsp3) is 0.800. The molecule has 0 saturated carbocycles. The van der Waals surface area contributed by atoms with Crippen molar-refractivity contribution < 1.29 is 38.5 Å². The van der Waals surface area contributed by atoms with Gasteiger partial charge in [0, 0.05) is 6.92 Å². The van der Waals surface area contributed by atoms with Crippen molar-refractivity contribution in [1.82, 2.24) is 0 Å². The molecule has 10 heteroatoms. The van der Waals surface area contributed by atoms with E-state index in [2.05, 4.69) is 9.57 Å². The summed E-state index contributed by atoms with van der Waals surface area (Å²) in [5.74, 6) is -1.34. The van der Waals surface area contributed by atoms with E-state index in [1.807, 2.05) is 0 Å². The van der Waals surface area contributed by atoms with Gasteiger partial charge in [0.25, 0.3) is 5.09 Å². The molecule has 2 rings (SSSR count). The first-order valence-corrected chi connectivity index (χ1v) is 5.84. The molecular formula is C10H13NO9. The zero-order valence-corrected chi connectivity index (χ0v) is 10.6. The van der Waals surface area contributed by atoms with Crippen molar-refractivity contribution in [3.63, 3.8) is 0 Å². The van der Waals surface area contributed by atoms with Gasteiger partial charge in [0.05, 0.1) is 13.2 Å². The third-order valence-corrected chi connectivity index (χ3v) is 2.86. The predicted molar refractivity (Wildman–Crippen MR) is 57.9 cm³/mol. The number of carbonyl (C=O) groups excluding carboxylic acids is 2. The maximum absolute atomic E-state index is 11.4. The zero-order chi connectivity index (χ0) is 14.7. The van der Waals surface area contributed by atoms with Gasteiger partial charge in [-0.1, -0.05) is 0 Å². The zero-order valence-electron chi connectivity index (χ0n) is 10.6. The van der Waals surface area contributed by atoms with E-state index < -0.39 is 48.0 Å². The fourth-order valence-corrected chi connectivity index (χ4v) is 2.09. The quantitative estimate of drug-likeness (QED) is 0.350. The van der Waals surface area contributed by atoms with Crippen molar-refractivity contribution >= 4 is 11.9 Å². The van der Waals surface area contributed by atoms with Crippen LogP contribution < -0.4 is 0 Å². The molecule has 20 heavy (non-hydrogen) atoms. The van der Waals surface area contributed by atoms with Crippen LogP contribution in [0.5, 0.6) is 0 Å². The summed E-state index contributed by atoms with van der Waals surface area (Å²) in [7, 11) is 0. The molecule has 2 heterocycles. The van der Waals surface area contributed by atoms with E-state index in [-0.39, 0.29) is 13.2 Å². The maximum Gasteiger partial charge on any atom is 0.344 e. The molecule has 0 aromatic heterocycles. The molecule has 2 aliphatic heterocycles. The second-order valence-electron chi connectivity index (χ2n) is 4.27. The van der Waals surface area contributed by atoms with Crippen LogP contribution in [0.2, 0.25) is 0 Å². The summed E-state index contributed by atoms with van der Waals surface area (Å²) >= 11 is 0. The van der Waals surface area contributed by atoms with Gasteiger partial charge in [-0.15, -0.1) is 10.1 Å². The lowest BCUT2D eigenvalue weighted by atomic mass is 10.1. The molecule has 10 nitrogen and oxygen atoms in total. The van der Waals surface area contributed by atoms with Crippen LogP contribution in [-0.4, -0.2) is 61.3 Å². The number of esters is 2. The van der Waals surface area contributed by atoms with Gasteiger partial charge < -0.3 is 23.8 Å². The van der Waals surface area contributed by atoms with Crippen molar-refractivity contribution in [3.05, 3.63) is 10.1 Å². The molecular weight excluding hydrogens is 278 g/mol. The van der Waals surface area contributed by atoms with Crippen molar-refractivity contribution in [2.75, 3.05) is 19.8 Å². The minimum atomic E-state index is -0.917. The average Bonchev–Trinajstić information content (AvgIpc) is 2.91. The van der Waals surface area contributed by atoms with Crippen LogP contribution in [0.15, 0.2) is 0 Å². The minimum Gasteiger partial charge on any atom is -0.454 e. The van der Waals surface area contributed by atoms with Crippen LogP contribution in [0.4, 0.5) is 0 Å². The SMILES string of the molecule is CC(=O)OCC(=O)O[C@H]1CO[C@H]2[C@@H]1OC[C@H]2O[N+](=O)[O-]. The van der Waals surface area contributed by atoms with E-state index in [4.69, 9.17) is 14.2 Å². The van der Waals surface area contributed by atoms with E-state index >= 15 is 0 Å². The monoisotopic (exact) mass is 291 g/mol. The summed E-state index contributed by atoms with van der Waals surface area (Å²) in [5, 5.41) is 9.37. The van der Waals surface area contributed by atoms with Crippen LogP contribution in [0.25, 0.3) is 0 Å². The van der Waals surface area contributed by atoms with Gasteiger partial charge in [-0.05, 0) is 0 Å². The number of nitrogens with zero attached hydrogens (tertiary/aromatic N) is 1. The molecule has 0 aliphatic carbocycles. The first kappa shape index (κ1) is 14.5. The smallest absolute Gasteiger partial charge is 0.344 e. The molecule has 0 N–H and O–H groups in total. The van der Waals surface area contributed by atoms with Crippen molar-refractivity contribution in [1.29, 1.82) is 0 Å². The van der Waals surface area contributed by atoms with Gasteiger partial charge in [0.15, 0.2) is 18.8 Å². The third kappa shape index (κ3) is 3.33. The van der Waals surface area contributed by atoms with Crippen molar-refractivity contribution in [3.8, 4) is 0 Å². The summed E-state index contributed by atoms with van der Waals surface area (Å²) in [6.45, 7) is 0.687. The van der Waals surface area contributed by atoms with Gasteiger partial charge in [-0.3, -0.25) is 4.79 Å². The number of ether oxygens (including phenoxy) is 4. The highest BCUT2D eigenvalue weighted by atomic mass is 17.0. The summed E-state index contributed by atoms with van der Waals surface area (Å²) in [5.41, 5.74) is 0. The largest absolute Gasteiger partial charge is 0.454 e. The Labute approximate surface area is 113 Å². The number of fused-ring (bicyclic) bond motifs is 1. The second-order valence-corrected chi connectivity index (χ2v) is 4.27. The lowest BCUT2D eigenvalue weighted by molar-refractivity contribution is -0.769. The van der Waals surface area contributed by atoms with Crippen LogP contribution in [0.1, 0.15) is 6.92 Å². The molecule has 0 spiro atoms. The third-order valence-electron chi connectivity index (χ3n) is 2.86. The number of carbonyl (C=O) groups is 2. The summed E-state index contributed by atoms with van der Waals surface area (Å²) < 4.78 is 20.1. The highest BCUT2D eigenvalue weighted by Crippen LogP contribution is 2.30. The molecule has 0 unspecified atom stereocenters. The van der Waals surface area contributed by atoms with E-state index in [1.165, 1.54) is 6.92 Å². The van der Waals surface area contributed by atoms with Gasteiger partial charge in [-0.2, -0.15) is 0 Å². The molecule has 2 fully saturated rings. The highest BCUT2D eigenvalue weighted by Gasteiger charge is 2.51. The van der Waals surface area contributed by atoms with Crippen LogP contribution >= 0.6 is 0 Å². The number of rotatable bonds is 5. The normalized spacial score (nSPS) is 31.4. The molecule has 0 aromatic rings. The molecule has 4 atom stereocenters. The Hall–Kier alpha value is -1.94. The van der Waals surface area contributed by atoms with E-state index in [1.54, 1.807) is 0 Å². The Kier molecular flexibility index (Phi) is 4.35. The molecule has 0 radical (unpaired) electrons. The molecule has 2 aliphatic rings. The molecule has 0 aromatic carbocycles. The Morgan fingerprint density at radius 2 is 1.85 bits per heavy atom. The topological polar surface area (TPSA) is 123 Å². The fourth-order valence-electron chi connectivity index (χ4n) is 2.09. The maximum atomic E-state index is 11.4. The average molecular weight is 291 g/mol. The lowest BCUT2D eigenvalue weighted by Gasteiger charge is -2.16. The summed E-state index contributed by atoms with van der Waals surface area (Å²) in [4.78, 5) is 36.7. The minimum absolute atomic E-state index is 0.0195. The first-order valence-electron chi connectivity index (χ1n) is 5.84. The van der Waals surface area contributed by atoms with E-state index in [0.717, 1.165) is 0 Å². The first-order chi connectivity index (χ1) is 9.47. The van der Waals surface area contributed by atoms with E-state index in [0.29, 0.717) is 0 Å².